The fourth-order valence-electron chi connectivity index (χ4n) is 0.409. The summed E-state index contributed by atoms with van der Waals surface area (Å²) in [6.07, 6.45) is 3.45. The Morgan fingerprint density at radius 3 is 3.25 bits per heavy atom. The van der Waals surface area contributed by atoms with Crippen LogP contribution in [0.2, 0.25) is 0 Å². The Hall–Kier alpha value is -0.260. The number of nitrogens with one attached hydrogen (secondary N) is 2. The molecule has 0 radical (unpaired) electrons. The van der Waals surface area contributed by atoms with Crippen LogP contribution in [0.5, 0.6) is 0 Å². The van der Waals surface area contributed by atoms with Crippen LogP contribution in [0.15, 0.2) is 12.5 Å². The molecular formula is C4H7IN3-. The molecule has 1 aromatic rings. The van der Waals surface area contributed by atoms with Gasteiger partial charge in [0.25, 0.3) is 0 Å². The minimum atomic E-state index is 0.134. The number of nitrogens with zero attached hydrogens (tertiary/aromatic N) is 1. The van der Waals surface area contributed by atoms with E-state index in [0.717, 1.165) is 5.82 Å². The summed E-state index contributed by atoms with van der Waals surface area (Å²) in [5.41, 5.74) is 0. The van der Waals surface area contributed by atoms with E-state index in [4.69, 9.17) is 0 Å². The molecular weight excluding hydrogens is 217 g/mol. The van der Waals surface area contributed by atoms with Gasteiger partial charge in [-0.2, -0.15) is 0 Å². The Labute approximate surface area is 58.5 Å². The first kappa shape index (κ1) is 5.87. The van der Waals surface area contributed by atoms with Crippen LogP contribution in [0.1, 0.15) is 0 Å². The van der Waals surface area contributed by atoms with E-state index in [0.29, 0.717) is 0 Å². The summed E-state index contributed by atoms with van der Waals surface area (Å²) in [5.74, 6) is 1.03. The number of hydrogen-bond acceptors (Lipinski definition) is 2. The number of rotatable bonds is 2. The van der Waals surface area contributed by atoms with Gasteiger partial charge in [0.1, 0.15) is 0 Å². The van der Waals surface area contributed by atoms with E-state index in [2.05, 4.69) is 18.4 Å². The van der Waals surface area contributed by atoms with Crippen molar-refractivity contribution in [3.8, 4) is 0 Å². The van der Waals surface area contributed by atoms with Crippen LogP contribution in [-0.4, -0.2) is 14.9 Å². The maximum atomic E-state index is 3.84. The van der Waals surface area contributed by atoms with Gasteiger partial charge in [-0.1, -0.05) is 0 Å². The van der Waals surface area contributed by atoms with Crippen molar-refractivity contribution in [1.29, 1.82) is 0 Å². The number of imidazole rings is 1. The molecule has 1 aromatic heterocycles. The second kappa shape index (κ2) is 2.91. The van der Waals surface area contributed by atoms with E-state index in [1.54, 1.807) is 12.5 Å². The minimum absolute atomic E-state index is 0.134. The van der Waals surface area contributed by atoms with E-state index in [1.165, 1.54) is 0 Å². The van der Waals surface area contributed by atoms with Crippen LogP contribution in [0, 0.1) is 0 Å². The average molecular weight is 224 g/mol. The van der Waals surface area contributed by atoms with Crippen LogP contribution in [-0.2, 0) is 0 Å². The molecule has 2 N–H and O–H groups in total. The van der Waals surface area contributed by atoms with Gasteiger partial charge < -0.3 is 0 Å². The molecule has 0 fully saturated rings. The topological polar surface area (TPSA) is 40.7 Å². The van der Waals surface area contributed by atoms with Gasteiger partial charge >= 0.3 is 58.2 Å². The number of halogens is 1. The summed E-state index contributed by atoms with van der Waals surface area (Å²) in [6.45, 7) is 0. The molecule has 0 aliphatic rings. The van der Waals surface area contributed by atoms with E-state index in [-0.39, 0.29) is 21.5 Å². The molecule has 0 aliphatic carbocycles. The van der Waals surface area contributed by atoms with Crippen molar-refractivity contribution in [2.45, 2.75) is 0 Å². The van der Waals surface area contributed by atoms with Crippen molar-refractivity contribution < 1.29 is 21.5 Å². The maximum absolute atomic E-state index is 3.84. The molecule has 8 heavy (non-hydrogen) atoms. The third-order valence-electron chi connectivity index (χ3n) is 0.695. The van der Waals surface area contributed by atoms with E-state index in [1.807, 2.05) is 0 Å². The molecule has 0 bridgehead atoms. The van der Waals surface area contributed by atoms with Crippen LogP contribution in [0.25, 0.3) is 0 Å². The summed E-state index contributed by atoms with van der Waals surface area (Å²) < 4.78 is 3.18. The molecule has 1 rings (SSSR count). The fourth-order valence-corrected chi connectivity index (χ4v) is 1.29. The second-order valence-corrected chi connectivity index (χ2v) is 2.87. The standard InChI is InChI=1S/C4H7IN3/c1-5-8-4-2-6-3-7-4/h2-3,8H,1H3,(H,6,7)/q-1. The van der Waals surface area contributed by atoms with Crippen molar-refractivity contribution in [3.63, 3.8) is 0 Å². The number of aromatic amines is 1. The predicted octanol–water partition coefficient (Wildman–Crippen LogP) is -2.54. The summed E-state index contributed by atoms with van der Waals surface area (Å²) >= 11 is 0.134. The molecule has 0 amide bonds. The number of anilines is 1. The van der Waals surface area contributed by atoms with Crippen molar-refractivity contribution in [1.82, 2.24) is 9.97 Å². The molecule has 4 heteroatoms. The molecule has 1 heterocycles. The molecule has 0 unspecified atom stereocenters. The molecule has 0 aliphatic heterocycles. The van der Waals surface area contributed by atoms with Crippen LogP contribution in [0.4, 0.5) is 5.82 Å². The zero-order valence-electron chi connectivity index (χ0n) is 4.48. The Bertz CT molecular complexity index is 137. The predicted molar refractivity (Wildman–Crippen MR) is 28.1 cm³/mol. The average Bonchev–Trinajstić information content (AvgIpc) is 2.19. The summed E-state index contributed by atoms with van der Waals surface area (Å²) in [6, 6.07) is 0. The summed E-state index contributed by atoms with van der Waals surface area (Å²) in [7, 11) is 0. The van der Waals surface area contributed by atoms with Crippen LogP contribution >= 0.6 is 0 Å². The van der Waals surface area contributed by atoms with Gasteiger partial charge in [0.2, 0.25) is 0 Å². The zero-order chi connectivity index (χ0) is 5.82. The fraction of sp³-hybridized carbons (Fsp3) is 0.250. The number of hydrogen-bond donors (Lipinski definition) is 2. The van der Waals surface area contributed by atoms with Crippen LogP contribution < -0.4 is 25.0 Å². The Kier molecular flexibility index (Phi) is 2.13. The number of H-pyrrole nitrogens is 1. The molecule has 46 valence electrons. The van der Waals surface area contributed by atoms with E-state index < -0.39 is 0 Å². The summed E-state index contributed by atoms with van der Waals surface area (Å²) in [5, 5.41) is 0. The van der Waals surface area contributed by atoms with Crippen molar-refractivity contribution in [3.05, 3.63) is 12.5 Å². The number of alkyl halides is 1. The molecule has 3 nitrogen and oxygen atoms in total. The molecule has 0 saturated heterocycles. The summed E-state index contributed by atoms with van der Waals surface area (Å²) in [4.78, 5) is 8.94. The monoisotopic (exact) mass is 224 g/mol. The Balaban J connectivity index is 2.50. The third kappa shape index (κ3) is 1.36. The van der Waals surface area contributed by atoms with Gasteiger partial charge in [-0.15, -0.1) is 0 Å². The van der Waals surface area contributed by atoms with E-state index >= 15 is 0 Å². The first-order valence-corrected chi connectivity index (χ1v) is 5.40. The van der Waals surface area contributed by atoms with Crippen LogP contribution in [0.3, 0.4) is 0 Å². The van der Waals surface area contributed by atoms with Gasteiger partial charge in [-0.05, 0) is 0 Å². The van der Waals surface area contributed by atoms with Crippen molar-refractivity contribution >= 4 is 5.82 Å². The SMILES string of the molecule is C[I-]Nc1cnc[nH]1. The van der Waals surface area contributed by atoms with Gasteiger partial charge in [-0.25, -0.2) is 0 Å². The Morgan fingerprint density at radius 1 is 1.88 bits per heavy atom. The van der Waals surface area contributed by atoms with Gasteiger partial charge in [-0.3, -0.25) is 0 Å². The quantitative estimate of drug-likeness (QED) is 0.330. The van der Waals surface area contributed by atoms with Crippen molar-refractivity contribution in [2.24, 2.45) is 0 Å². The normalized spacial score (nSPS) is 9.62. The van der Waals surface area contributed by atoms with E-state index in [9.17, 15) is 0 Å². The molecule has 0 saturated carbocycles. The Morgan fingerprint density at radius 2 is 2.75 bits per heavy atom. The molecule has 0 atom stereocenters. The second-order valence-electron chi connectivity index (χ2n) is 1.25. The van der Waals surface area contributed by atoms with Gasteiger partial charge in [0, 0.05) is 0 Å². The zero-order valence-corrected chi connectivity index (χ0v) is 6.64. The van der Waals surface area contributed by atoms with Gasteiger partial charge in [0.15, 0.2) is 0 Å². The van der Waals surface area contributed by atoms with Gasteiger partial charge in [0.05, 0.1) is 0 Å². The number of aromatic nitrogens is 2. The van der Waals surface area contributed by atoms with Crippen molar-refractivity contribution in [2.75, 3.05) is 8.46 Å². The molecule has 0 aromatic carbocycles. The first-order chi connectivity index (χ1) is 3.93. The molecule has 0 spiro atoms. The first-order valence-electron chi connectivity index (χ1n) is 2.16. The third-order valence-corrected chi connectivity index (χ3v) is 1.81.